The lowest BCUT2D eigenvalue weighted by molar-refractivity contribution is -0.118. The van der Waals surface area contributed by atoms with Gasteiger partial charge in [0.05, 0.1) is 14.2 Å². The van der Waals surface area contributed by atoms with Gasteiger partial charge in [0.1, 0.15) is 11.5 Å². The Hall–Kier alpha value is -4.44. The van der Waals surface area contributed by atoms with Crippen molar-refractivity contribution < 1.29 is 33.3 Å². The zero-order chi connectivity index (χ0) is 27.4. The molecule has 0 aliphatic carbocycles. The van der Waals surface area contributed by atoms with Gasteiger partial charge in [0.25, 0.3) is 11.8 Å². The highest BCUT2D eigenvalue weighted by Crippen LogP contribution is 2.49. The number of benzene rings is 3. The van der Waals surface area contributed by atoms with Crippen LogP contribution in [0.2, 0.25) is 0 Å². The van der Waals surface area contributed by atoms with Crippen LogP contribution in [0.1, 0.15) is 27.0 Å². The molecule has 0 fully saturated rings. The minimum absolute atomic E-state index is 0.106. The van der Waals surface area contributed by atoms with Crippen LogP contribution in [0.15, 0.2) is 48.5 Å². The smallest absolute Gasteiger partial charge is 0.262 e. The number of hydrogen-bond acceptors (Lipinski definition) is 8. The van der Waals surface area contributed by atoms with Crippen LogP contribution in [0.4, 0.5) is 5.69 Å². The summed E-state index contributed by atoms with van der Waals surface area (Å²) in [5.74, 6) is 2.53. The van der Waals surface area contributed by atoms with Crippen molar-refractivity contribution in [1.29, 1.82) is 0 Å². The Kier molecular flexibility index (Phi) is 7.74. The minimum atomic E-state index is -0.342. The van der Waals surface area contributed by atoms with Crippen LogP contribution in [-0.2, 0) is 24.3 Å². The van der Waals surface area contributed by atoms with Gasteiger partial charge in [0, 0.05) is 42.0 Å². The van der Waals surface area contributed by atoms with Crippen molar-refractivity contribution in [2.75, 3.05) is 46.5 Å². The van der Waals surface area contributed by atoms with Gasteiger partial charge in [-0.15, -0.1) is 0 Å². The number of fused-ring (bicyclic) bond motifs is 2. The quantitative estimate of drug-likeness (QED) is 0.431. The second-order valence-corrected chi connectivity index (χ2v) is 9.30. The van der Waals surface area contributed by atoms with Crippen molar-refractivity contribution in [2.24, 2.45) is 0 Å². The van der Waals surface area contributed by atoms with E-state index in [0.717, 1.165) is 36.2 Å². The first-order valence-corrected chi connectivity index (χ1v) is 12.6. The van der Waals surface area contributed by atoms with Crippen LogP contribution in [0.25, 0.3) is 0 Å². The van der Waals surface area contributed by atoms with Crippen LogP contribution in [0.3, 0.4) is 0 Å². The predicted octanol–water partition coefficient (Wildman–Crippen LogP) is 3.37. The lowest BCUT2D eigenvalue weighted by atomic mass is 9.92. The molecule has 0 spiro atoms. The summed E-state index contributed by atoms with van der Waals surface area (Å²) < 4.78 is 27.9. The molecule has 5 rings (SSSR count). The molecular weight excluding hydrogens is 502 g/mol. The van der Waals surface area contributed by atoms with Crippen molar-refractivity contribution in [1.82, 2.24) is 10.2 Å². The monoisotopic (exact) mass is 533 g/mol. The van der Waals surface area contributed by atoms with E-state index in [1.807, 2.05) is 0 Å². The fraction of sp³-hybridized carbons (Fsp3) is 0.310. The summed E-state index contributed by atoms with van der Waals surface area (Å²) in [6.07, 6.45) is 0.810. The van der Waals surface area contributed by atoms with Crippen molar-refractivity contribution in [3.63, 3.8) is 0 Å². The molecule has 39 heavy (non-hydrogen) atoms. The van der Waals surface area contributed by atoms with E-state index in [1.54, 1.807) is 62.8 Å². The molecule has 10 nitrogen and oxygen atoms in total. The van der Waals surface area contributed by atoms with Gasteiger partial charge >= 0.3 is 0 Å². The number of methoxy groups -OCH3 is 2. The van der Waals surface area contributed by atoms with Gasteiger partial charge in [-0.3, -0.25) is 9.59 Å². The van der Waals surface area contributed by atoms with Crippen LogP contribution in [0, 0.1) is 0 Å². The van der Waals surface area contributed by atoms with Crippen LogP contribution in [0.5, 0.6) is 28.7 Å². The zero-order valence-electron chi connectivity index (χ0n) is 22.2. The Balaban J connectivity index is 1.24. The molecular formula is C29H31N3O7. The van der Waals surface area contributed by atoms with Gasteiger partial charge in [0.15, 0.2) is 18.1 Å². The number of likely N-dealkylation sites (N-methyl/N-ethyl adjacent to an activating group) is 1. The number of carbonyl (C=O) groups is 2. The normalized spacial score (nSPS) is 13.8. The summed E-state index contributed by atoms with van der Waals surface area (Å²) in [4.78, 5) is 27.7. The second kappa shape index (κ2) is 11.5. The Morgan fingerprint density at radius 1 is 0.974 bits per heavy atom. The van der Waals surface area contributed by atoms with Gasteiger partial charge in [-0.2, -0.15) is 0 Å². The summed E-state index contributed by atoms with van der Waals surface area (Å²) in [6.45, 7) is 1.82. The first-order valence-electron chi connectivity index (χ1n) is 12.6. The van der Waals surface area contributed by atoms with E-state index in [0.29, 0.717) is 40.0 Å². The average Bonchev–Trinajstić information content (AvgIpc) is 3.44. The van der Waals surface area contributed by atoms with E-state index in [9.17, 15) is 9.59 Å². The molecule has 2 aliphatic rings. The lowest BCUT2D eigenvalue weighted by Crippen LogP contribution is -2.30. The fourth-order valence-electron chi connectivity index (χ4n) is 4.81. The predicted molar refractivity (Wildman–Crippen MR) is 144 cm³/mol. The molecule has 2 amide bonds. The van der Waals surface area contributed by atoms with Gasteiger partial charge in [-0.1, -0.05) is 6.07 Å². The van der Waals surface area contributed by atoms with E-state index in [-0.39, 0.29) is 31.8 Å². The molecule has 0 unspecified atom stereocenters. The van der Waals surface area contributed by atoms with E-state index < -0.39 is 0 Å². The lowest BCUT2D eigenvalue weighted by Gasteiger charge is -2.29. The van der Waals surface area contributed by atoms with E-state index in [1.165, 1.54) is 0 Å². The molecule has 0 bridgehead atoms. The molecule has 2 heterocycles. The maximum Gasteiger partial charge on any atom is 0.262 e. The number of nitrogens with one attached hydrogen (secondary N) is 2. The Bertz CT molecular complexity index is 1370. The number of ether oxygens (including phenoxy) is 5. The highest BCUT2D eigenvalue weighted by atomic mass is 16.7. The van der Waals surface area contributed by atoms with Crippen molar-refractivity contribution in [3.05, 3.63) is 70.8 Å². The summed E-state index contributed by atoms with van der Waals surface area (Å²) in [7, 11) is 5.27. The van der Waals surface area contributed by atoms with Gasteiger partial charge in [-0.25, -0.2) is 0 Å². The second-order valence-electron chi connectivity index (χ2n) is 9.30. The Morgan fingerprint density at radius 3 is 2.51 bits per heavy atom. The molecule has 3 aromatic carbocycles. The molecule has 0 aromatic heterocycles. The number of anilines is 1. The van der Waals surface area contributed by atoms with Gasteiger partial charge in [0.2, 0.25) is 12.5 Å². The zero-order valence-corrected chi connectivity index (χ0v) is 22.2. The molecule has 0 saturated heterocycles. The summed E-state index contributed by atoms with van der Waals surface area (Å²) in [6, 6.07) is 13.7. The van der Waals surface area contributed by atoms with Crippen LogP contribution >= 0.6 is 0 Å². The van der Waals surface area contributed by atoms with Crippen LogP contribution in [-0.4, -0.2) is 57.9 Å². The minimum Gasteiger partial charge on any atom is -0.497 e. The van der Waals surface area contributed by atoms with Gasteiger partial charge in [-0.05, 0) is 61.5 Å². The van der Waals surface area contributed by atoms with Crippen molar-refractivity contribution in [3.8, 4) is 28.7 Å². The third-order valence-corrected chi connectivity index (χ3v) is 6.73. The molecule has 0 radical (unpaired) electrons. The maximum atomic E-state index is 13.1. The number of nitrogens with zero attached hydrogens (tertiary/aromatic N) is 1. The fourth-order valence-corrected chi connectivity index (χ4v) is 4.81. The topological polar surface area (TPSA) is 108 Å². The third-order valence-electron chi connectivity index (χ3n) is 6.73. The summed E-state index contributed by atoms with van der Waals surface area (Å²) in [5.41, 5.74) is 3.99. The maximum absolute atomic E-state index is 13.1. The van der Waals surface area contributed by atoms with Gasteiger partial charge < -0.3 is 39.2 Å². The van der Waals surface area contributed by atoms with E-state index >= 15 is 0 Å². The molecule has 0 atom stereocenters. The summed E-state index contributed by atoms with van der Waals surface area (Å²) >= 11 is 0. The molecule has 3 aromatic rings. The van der Waals surface area contributed by atoms with Crippen LogP contribution < -0.4 is 34.3 Å². The number of amides is 2. The highest BCUT2D eigenvalue weighted by molar-refractivity contribution is 5.97. The summed E-state index contributed by atoms with van der Waals surface area (Å²) in [5, 5.41) is 5.78. The molecule has 0 saturated carbocycles. The molecule has 2 N–H and O–H groups in total. The molecule has 2 aliphatic heterocycles. The standard InChI is InChI=1S/C29H31N3O7/c1-32-12-11-22-23(27-28(39-17-38-27)26(36-3)24(22)15-32)14-30-29(34)18-5-4-6-19(13-18)31-25(33)16-37-21-9-7-20(35-2)8-10-21/h4-10,13H,11-12,14-17H2,1-3H3,(H,30,34)(H,31,33). The first-order chi connectivity index (χ1) is 19.0. The Labute approximate surface area is 226 Å². The van der Waals surface area contributed by atoms with Crippen molar-refractivity contribution in [2.45, 2.75) is 19.5 Å². The average molecular weight is 534 g/mol. The number of rotatable bonds is 9. The molecule has 204 valence electrons. The largest absolute Gasteiger partial charge is 0.497 e. The number of carbonyl (C=O) groups excluding carboxylic acids is 2. The Morgan fingerprint density at radius 2 is 1.74 bits per heavy atom. The van der Waals surface area contributed by atoms with E-state index in [2.05, 4.69) is 22.6 Å². The highest BCUT2D eigenvalue weighted by Gasteiger charge is 2.32. The first kappa shape index (κ1) is 26.2. The third kappa shape index (κ3) is 5.70. The molecule has 10 heteroatoms. The SMILES string of the molecule is COc1ccc(OCC(=O)Nc2cccc(C(=O)NCc3c4c(c(OC)c5c3OCO5)CN(C)CC4)c2)cc1. The van der Waals surface area contributed by atoms with E-state index in [4.69, 9.17) is 23.7 Å². The number of hydrogen-bond donors (Lipinski definition) is 2. The van der Waals surface area contributed by atoms with Crippen molar-refractivity contribution >= 4 is 17.5 Å².